The fourth-order valence-electron chi connectivity index (χ4n) is 2.56. The Kier molecular flexibility index (Phi) is 5.89. The lowest BCUT2D eigenvalue weighted by molar-refractivity contribution is -0.143. The van der Waals surface area contributed by atoms with Crippen molar-refractivity contribution in [2.75, 3.05) is 0 Å². The second kappa shape index (κ2) is 8.13. The highest BCUT2D eigenvalue weighted by molar-refractivity contribution is 6.28. The van der Waals surface area contributed by atoms with Crippen LogP contribution in [0.15, 0.2) is 36.7 Å². The van der Waals surface area contributed by atoms with Gasteiger partial charge in [0.2, 0.25) is 5.28 Å². The van der Waals surface area contributed by atoms with E-state index in [4.69, 9.17) is 11.6 Å². The van der Waals surface area contributed by atoms with E-state index in [0.29, 0.717) is 12.1 Å². The van der Waals surface area contributed by atoms with Crippen LogP contribution in [0.2, 0.25) is 5.28 Å². The highest BCUT2D eigenvalue weighted by Gasteiger charge is 2.37. The van der Waals surface area contributed by atoms with Gasteiger partial charge in [0.25, 0.3) is 11.9 Å². The monoisotopic (exact) mass is 464 g/mol. The van der Waals surface area contributed by atoms with Crippen LogP contribution < -0.4 is 5.32 Å². The molecule has 31 heavy (non-hydrogen) atoms. The highest BCUT2D eigenvalue weighted by Crippen LogP contribution is 2.36. The summed E-state index contributed by atoms with van der Waals surface area (Å²) in [5.74, 6) is -1.15. The van der Waals surface area contributed by atoms with Gasteiger partial charge >= 0.3 is 12.4 Å². The van der Waals surface area contributed by atoms with Crippen LogP contribution in [0.25, 0.3) is 5.95 Å². The number of alkyl halides is 6. The summed E-state index contributed by atoms with van der Waals surface area (Å²) in [6.07, 6.45) is -7.38. The molecule has 2 aromatic heterocycles. The van der Waals surface area contributed by atoms with Crippen molar-refractivity contribution in [2.24, 2.45) is 0 Å². The van der Waals surface area contributed by atoms with Crippen molar-refractivity contribution in [2.45, 2.75) is 25.3 Å². The number of hydrogen-bond donors (Lipinski definition) is 1. The first-order valence-corrected chi connectivity index (χ1v) is 8.74. The molecule has 2 heterocycles. The number of rotatable bonds is 4. The van der Waals surface area contributed by atoms with Gasteiger partial charge in [-0.15, -0.1) is 5.10 Å². The van der Waals surface area contributed by atoms with Gasteiger partial charge < -0.3 is 5.32 Å². The summed E-state index contributed by atoms with van der Waals surface area (Å²) in [5.41, 5.74) is -4.05. The molecular weight excluding hydrogens is 454 g/mol. The number of carbonyl (C=O) groups is 1. The normalized spacial score (nSPS) is 13.2. The van der Waals surface area contributed by atoms with Crippen LogP contribution in [-0.4, -0.2) is 30.6 Å². The third-order valence-corrected chi connectivity index (χ3v) is 4.09. The lowest BCUT2D eigenvalue weighted by Crippen LogP contribution is -2.29. The van der Waals surface area contributed by atoms with Crippen molar-refractivity contribution >= 4 is 17.5 Å². The Balaban J connectivity index is 1.94. The van der Waals surface area contributed by atoms with E-state index in [1.54, 1.807) is 0 Å². The van der Waals surface area contributed by atoms with E-state index in [1.165, 1.54) is 25.4 Å². The summed E-state index contributed by atoms with van der Waals surface area (Å²) in [5, 5.41) is 5.92. The molecule has 0 saturated carbocycles. The lowest BCUT2D eigenvalue weighted by Gasteiger charge is -2.16. The topological polar surface area (TPSA) is 85.6 Å². The van der Waals surface area contributed by atoms with E-state index in [-0.39, 0.29) is 23.1 Å². The summed E-state index contributed by atoms with van der Waals surface area (Å²) in [6, 6.07) is 1.09. The van der Waals surface area contributed by atoms with Gasteiger partial charge in [-0.1, -0.05) is 0 Å². The minimum Gasteiger partial charge on any atom is -0.342 e. The van der Waals surface area contributed by atoms with E-state index in [1.807, 2.05) is 0 Å². The lowest BCUT2D eigenvalue weighted by atomic mass is 10.0. The van der Waals surface area contributed by atoms with Gasteiger partial charge in [-0.25, -0.2) is 9.97 Å². The minimum absolute atomic E-state index is 0.00701. The van der Waals surface area contributed by atoms with E-state index in [9.17, 15) is 31.1 Å². The maximum atomic E-state index is 13.0. The van der Waals surface area contributed by atoms with Crippen LogP contribution in [0, 0.1) is 0 Å². The molecule has 0 bridgehead atoms. The van der Waals surface area contributed by atoms with E-state index < -0.39 is 41.0 Å². The molecule has 1 N–H and O–H groups in total. The zero-order valence-electron chi connectivity index (χ0n) is 15.3. The fourth-order valence-corrected chi connectivity index (χ4v) is 2.72. The van der Waals surface area contributed by atoms with Crippen molar-refractivity contribution in [3.05, 3.63) is 64.5 Å². The molecule has 0 spiro atoms. The number of benzene rings is 1. The molecule has 3 rings (SSSR count). The van der Waals surface area contributed by atoms with Gasteiger partial charge in [-0.3, -0.25) is 4.79 Å². The number of hydrogen-bond acceptors (Lipinski definition) is 5. The second-order valence-corrected chi connectivity index (χ2v) is 6.53. The Hall–Kier alpha value is -3.22. The summed E-state index contributed by atoms with van der Waals surface area (Å²) in [6.45, 7) is 1.38. The molecule has 0 saturated heterocycles. The van der Waals surface area contributed by atoms with E-state index in [0.717, 1.165) is 4.68 Å². The van der Waals surface area contributed by atoms with Gasteiger partial charge in [0.05, 0.1) is 17.2 Å². The largest absolute Gasteiger partial charge is 0.416 e. The maximum absolute atomic E-state index is 13.0. The van der Waals surface area contributed by atoms with E-state index in [2.05, 4.69) is 25.4 Å². The smallest absolute Gasteiger partial charge is 0.342 e. The average molecular weight is 465 g/mol. The van der Waals surface area contributed by atoms with Crippen LogP contribution >= 0.6 is 11.6 Å². The second-order valence-electron chi connectivity index (χ2n) is 6.19. The first-order chi connectivity index (χ1) is 14.4. The van der Waals surface area contributed by atoms with Crippen LogP contribution in [-0.2, 0) is 12.4 Å². The molecular formula is C17H11ClF6N6O. The van der Waals surface area contributed by atoms with Gasteiger partial charge in [0.15, 0.2) is 5.82 Å². The summed E-state index contributed by atoms with van der Waals surface area (Å²) < 4.78 is 79.2. The molecule has 1 amide bonds. The average Bonchev–Trinajstić information content (AvgIpc) is 3.09. The van der Waals surface area contributed by atoms with Crippen molar-refractivity contribution in [3.63, 3.8) is 0 Å². The molecule has 7 nitrogen and oxygen atoms in total. The Morgan fingerprint density at radius 3 is 2.10 bits per heavy atom. The summed E-state index contributed by atoms with van der Waals surface area (Å²) in [7, 11) is 0. The third kappa shape index (κ3) is 5.10. The van der Waals surface area contributed by atoms with Crippen molar-refractivity contribution in [1.29, 1.82) is 0 Å². The van der Waals surface area contributed by atoms with Gasteiger partial charge in [-0.05, 0) is 42.8 Å². The molecule has 164 valence electrons. The predicted octanol–water partition coefficient (Wildman–Crippen LogP) is 4.24. The number of halogens is 7. The fraction of sp³-hybridized carbons (Fsp3) is 0.235. The summed E-state index contributed by atoms with van der Waals surface area (Å²) in [4.78, 5) is 24.3. The van der Waals surface area contributed by atoms with Crippen molar-refractivity contribution < 1.29 is 31.1 Å². The van der Waals surface area contributed by atoms with Crippen molar-refractivity contribution in [3.8, 4) is 5.95 Å². The molecule has 0 aliphatic carbocycles. The maximum Gasteiger partial charge on any atom is 0.416 e. The summed E-state index contributed by atoms with van der Waals surface area (Å²) >= 11 is 5.79. The molecule has 1 atom stereocenters. The zero-order valence-corrected chi connectivity index (χ0v) is 16.1. The highest BCUT2D eigenvalue weighted by atomic mass is 35.5. The molecule has 0 aliphatic rings. The quantitative estimate of drug-likeness (QED) is 0.584. The Labute approximate surface area is 175 Å². The zero-order chi connectivity index (χ0) is 23.0. The van der Waals surface area contributed by atoms with Crippen molar-refractivity contribution in [1.82, 2.24) is 30.0 Å². The Bertz CT molecular complexity index is 1070. The number of carbonyl (C=O) groups excluding carboxylic acids is 1. The SMILES string of the molecule is CC(NC(=O)c1cc(C(F)(F)F)cc(C(F)(F)F)c1)c1nc(Cl)nn1-c1ncccn1. The Morgan fingerprint density at radius 2 is 1.58 bits per heavy atom. The Morgan fingerprint density at radius 1 is 1.03 bits per heavy atom. The molecule has 0 fully saturated rings. The molecule has 3 aromatic rings. The molecule has 0 radical (unpaired) electrons. The van der Waals surface area contributed by atoms with E-state index >= 15 is 0 Å². The van der Waals surface area contributed by atoms with Gasteiger partial charge in [-0.2, -0.15) is 36.0 Å². The van der Waals surface area contributed by atoms with Crippen LogP contribution in [0.1, 0.15) is 40.3 Å². The molecule has 14 heteroatoms. The van der Waals surface area contributed by atoms with Crippen LogP contribution in [0.4, 0.5) is 26.3 Å². The van der Waals surface area contributed by atoms with Gasteiger partial charge in [0, 0.05) is 18.0 Å². The molecule has 1 aromatic carbocycles. The van der Waals surface area contributed by atoms with Crippen LogP contribution in [0.3, 0.4) is 0 Å². The first kappa shape index (κ1) is 22.5. The van der Waals surface area contributed by atoms with Gasteiger partial charge in [0.1, 0.15) is 0 Å². The van der Waals surface area contributed by atoms with Crippen LogP contribution in [0.5, 0.6) is 0 Å². The standard InChI is InChI=1S/C17H11ClF6N6O/c1-8(12-28-14(18)29-30(12)15-25-3-2-4-26-15)27-13(31)9-5-10(16(19,20)21)7-11(6-9)17(22,23)24/h2-8H,1H3,(H,27,31). The number of amides is 1. The molecule has 1 unspecified atom stereocenters. The first-order valence-electron chi connectivity index (χ1n) is 8.36. The number of aromatic nitrogens is 5. The number of nitrogens with zero attached hydrogens (tertiary/aromatic N) is 5. The predicted molar refractivity (Wildman–Crippen MR) is 94.3 cm³/mol. The number of nitrogens with one attached hydrogen (secondary N) is 1. The third-order valence-electron chi connectivity index (χ3n) is 3.93. The molecule has 0 aliphatic heterocycles. The minimum atomic E-state index is -5.08.